The molecule has 180 valence electrons. The topological polar surface area (TPSA) is 52.6 Å². The zero-order valence-corrected chi connectivity index (χ0v) is 21.2. The van der Waals surface area contributed by atoms with Crippen LogP contribution in [0.1, 0.15) is 44.2 Å². The Hall–Kier alpha value is -1.38. The summed E-state index contributed by atoms with van der Waals surface area (Å²) in [6.07, 6.45) is -1.81. The molecule has 9 heteroatoms. The number of alkyl halides is 3. The molecule has 4 atom stereocenters. The Bertz CT molecular complexity index is 1180. The van der Waals surface area contributed by atoms with Gasteiger partial charge in [0.2, 0.25) is 0 Å². The van der Waals surface area contributed by atoms with Crippen LogP contribution in [-0.4, -0.2) is 28.0 Å². The van der Waals surface area contributed by atoms with E-state index in [-0.39, 0.29) is 21.8 Å². The van der Waals surface area contributed by atoms with Gasteiger partial charge in [-0.2, -0.15) is 0 Å². The van der Waals surface area contributed by atoms with Crippen molar-refractivity contribution in [3.8, 4) is 0 Å². The molecule has 0 amide bonds. The summed E-state index contributed by atoms with van der Waals surface area (Å²) >= 11 is -3.87. The van der Waals surface area contributed by atoms with Gasteiger partial charge >= 0.3 is 196 Å². The van der Waals surface area contributed by atoms with Crippen LogP contribution in [-0.2, 0) is 23.4 Å². The van der Waals surface area contributed by atoms with Crippen molar-refractivity contribution in [1.82, 2.24) is 0 Å². The molecule has 1 spiro atoms. The Morgan fingerprint density at radius 3 is 2.24 bits per heavy atom. The van der Waals surface area contributed by atoms with Gasteiger partial charge in [-0.05, 0) is 0 Å². The fraction of sp³-hybridized carbons (Fsp3) is 0.500. The van der Waals surface area contributed by atoms with Crippen LogP contribution >= 0.6 is 0 Å². The predicted molar refractivity (Wildman–Crippen MR) is 120 cm³/mol. The van der Waals surface area contributed by atoms with E-state index in [1.165, 1.54) is 24.3 Å². The first-order valence-electron chi connectivity index (χ1n) is 11.0. The Morgan fingerprint density at radius 1 is 1.06 bits per heavy atom. The molecular formula is C24H27F3O4SSe. The average molecular weight is 547 g/mol. The number of fused-ring (bicyclic) bond motifs is 1. The zero-order chi connectivity index (χ0) is 23.9. The quantitative estimate of drug-likeness (QED) is 0.488. The molecule has 2 saturated carbocycles. The van der Waals surface area contributed by atoms with Crippen LogP contribution in [0.3, 0.4) is 0 Å². The van der Waals surface area contributed by atoms with Gasteiger partial charge in [0.05, 0.1) is 0 Å². The maximum atomic E-state index is 13.3. The summed E-state index contributed by atoms with van der Waals surface area (Å²) in [6, 6.07) is 11.1. The van der Waals surface area contributed by atoms with E-state index in [1.54, 1.807) is 12.1 Å². The van der Waals surface area contributed by atoms with Gasteiger partial charge in [-0.3, -0.25) is 0 Å². The van der Waals surface area contributed by atoms with Crippen LogP contribution in [0.4, 0.5) is 13.2 Å². The summed E-state index contributed by atoms with van der Waals surface area (Å²) in [5.74, 6) is 0.499. The zero-order valence-electron chi connectivity index (χ0n) is 18.7. The molecule has 4 unspecified atom stereocenters. The number of hydrogen-bond donors (Lipinski definition) is 0. The Kier molecular flexibility index (Phi) is 5.18. The van der Waals surface area contributed by atoms with Gasteiger partial charge in [0.25, 0.3) is 0 Å². The van der Waals surface area contributed by atoms with Crippen molar-refractivity contribution in [2.75, 3.05) is 0 Å². The molecule has 2 aliphatic carbocycles. The molecular weight excluding hydrogens is 520 g/mol. The fourth-order valence-corrected chi connectivity index (χ4v) is 16.4. The molecule has 3 fully saturated rings. The summed E-state index contributed by atoms with van der Waals surface area (Å²) in [5.41, 5.74) is -0.130. The van der Waals surface area contributed by atoms with E-state index in [0.29, 0.717) is 15.7 Å². The van der Waals surface area contributed by atoms with Crippen molar-refractivity contribution in [1.29, 1.82) is 0 Å². The van der Waals surface area contributed by atoms with E-state index in [4.69, 9.17) is 7.08 Å². The third-order valence-electron chi connectivity index (χ3n) is 8.13. The summed E-state index contributed by atoms with van der Waals surface area (Å²) in [7, 11) is -4.17. The van der Waals surface area contributed by atoms with Crippen LogP contribution < -0.4 is 4.46 Å². The van der Waals surface area contributed by atoms with E-state index in [0.717, 1.165) is 37.0 Å². The second-order valence-electron chi connectivity index (χ2n) is 10.1. The molecule has 0 aromatic heterocycles. The second-order valence-corrected chi connectivity index (χ2v) is 17.0. The number of benzene rings is 2. The summed E-state index contributed by atoms with van der Waals surface area (Å²) in [5, 5.41) is 0.439. The van der Waals surface area contributed by atoms with Gasteiger partial charge < -0.3 is 0 Å². The van der Waals surface area contributed by atoms with Crippen molar-refractivity contribution < 1.29 is 28.7 Å². The van der Waals surface area contributed by atoms with Gasteiger partial charge in [-0.15, -0.1) is 0 Å². The van der Waals surface area contributed by atoms with Crippen molar-refractivity contribution in [3.05, 3.63) is 59.7 Å². The fourth-order valence-electron chi connectivity index (χ4n) is 6.00. The second kappa shape index (κ2) is 7.31. The van der Waals surface area contributed by atoms with Gasteiger partial charge in [-0.25, -0.2) is 0 Å². The van der Waals surface area contributed by atoms with Crippen LogP contribution in [0.2, 0.25) is 5.32 Å². The molecule has 2 bridgehead atoms. The maximum absolute atomic E-state index is 13.3. The normalized spacial score (nSPS) is 34.7. The van der Waals surface area contributed by atoms with Crippen LogP contribution in [0.5, 0.6) is 0 Å². The molecule has 0 radical (unpaired) electrons. The standard InChI is InChI=1S/C24H27F3O4SSe/c1-16-4-8-19(9-5-16)32(28,29)31-33(20-10-6-17(7-11-20)24(25,26)27)15-23-13-12-18(22(23,2)3)14-21(23)30-33/h4-11,18,21H,12-15H2,1-3H3. The monoisotopic (exact) mass is 548 g/mol. The number of aryl methyl sites for hydroxylation is 1. The molecule has 5 rings (SSSR count). The molecule has 1 heterocycles. The van der Waals surface area contributed by atoms with Gasteiger partial charge in [0, 0.05) is 0 Å². The van der Waals surface area contributed by atoms with Crippen LogP contribution in [0.15, 0.2) is 53.4 Å². The molecule has 2 aromatic carbocycles. The predicted octanol–water partition coefficient (Wildman–Crippen LogP) is 5.29. The number of halogens is 3. The Labute approximate surface area is 195 Å². The molecule has 33 heavy (non-hydrogen) atoms. The minimum absolute atomic E-state index is 0.0262. The van der Waals surface area contributed by atoms with E-state index < -0.39 is 35.4 Å². The van der Waals surface area contributed by atoms with E-state index >= 15 is 0 Å². The number of rotatable bonds is 4. The molecule has 1 saturated heterocycles. The van der Waals surface area contributed by atoms with E-state index in [2.05, 4.69) is 13.8 Å². The first-order chi connectivity index (χ1) is 15.3. The van der Waals surface area contributed by atoms with Crippen LogP contribution in [0.25, 0.3) is 0 Å². The molecule has 3 aliphatic rings. The molecule has 1 aliphatic heterocycles. The first kappa shape index (κ1) is 23.4. The average Bonchev–Trinajstić information content (AvgIpc) is 3.26. The molecule has 0 N–H and O–H groups in total. The van der Waals surface area contributed by atoms with Crippen molar-refractivity contribution in [3.63, 3.8) is 0 Å². The Morgan fingerprint density at radius 2 is 1.70 bits per heavy atom. The summed E-state index contributed by atoms with van der Waals surface area (Å²) in [6.45, 7) is 6.28. The minimum atomic E-state index is -4.48. The van der Waals surface area contributed by atoms with Gasteiger partial charge in [0.15, 0.2) is 0 Å². The van der Waals surface area contributed by atoms with Crippen LogP contribution in [0, 0.1) is 23.7 Å². The third-order valence-corrected chi connectivity index (χ3v) is 17.0. The Balaban J connectivity index is 1.59. The third kappa shape index (κ3) is 3.50. The molecule has 2 aromatic rings. The molecule has 4 nitrogen and oxygen atoms in total. The van der Waals surface area contributed by atoms with Crippen molar-refractivity contribution in [2.24, 2.45) is 16.7 Å². The van der Waals surface area contributed by atoms with E-state index in [1.807, 2.05) is 6.92 Å². The van der Waals surface area contributed by atoms with Gasteiger partial charge in [-0.1, -0.05) is 0 Å². The first-order valence-corrected chi connectivity index (χ1v) is 15.9. The summed E-state index contributed by atoms with van der Waals surface area (Å²) in [4.78, 5) is 0.0262. The SMILES string of the molecule is Cc1ccc(S(=O)(=O)O[Se]2(c3ccc(C(F)(F)F)cc3)CC34CCC(CC3O2)C4(C)C)cc1. The summed E-state index contributed by atoms with van der Waals surface area (Å²) < 4.78 is 79.3. The van der Waals surface area contributed by atoms with Gasteiger partial charge in [0.1, 0.15) is 0 Å². The number of hydrogen-bond acceptors (Lipinski definition) is 4. The van der Waals surface area contributed by atoms with Crippen molar-refractivity contribution >= 4 is 28.1 Å². The van der Waals surface area contributed by atoms with E-state index in [9.17, 15) is 21.6 Å². The van der Waals surface area contributed by atoms with Crippen molar-refractivity contribution in [2.45, 2.75) is 62.5 Å².